The summed E-state index contributed by atoms with van der Waals surface area (Å²) in [5.41, 5.74) is 6.06. The number of aryl methyl sites for hydroxylation is 2. The second-order valence-corrected chi connectivity index (χ2v) is 10.5. The summed E-state index contributed by atoms with van der Waals surface area (Å²) < 4.78 is 7.38. The molecule has 2 aromatic carbocycles. The van der Waals surface area contributed by atoms with Gasteiger partial charge in [-0.3, -0.25) is 9.59 Å². The van der Waals surface area contributed by atoms with Crippen molar-refractivity contribution < 1.29 is 14.3 Å². The van der Waals surface area contributed by atoms with Crippen LogP contribution in [0.4, 0.5) is 5.69 Å². The average Bonchev–Trinajstić information content (AvgIpc) is 3.48. The van der Waals surface area contributed by atoms with Gasteiger partial charge in [-0.25, -0.2) is 0 Å². The Labute approximate surface area is 224 Å². The molecule has 0 unspecified atom stereocenters. The number of carbonyl (C=O) groups is 2. The zero-order valence-corrected chi connectivity index (χ0v) is 22.8. The van der Waals surface area contributed by atoms with E-state index in [0.717, 1.165) is 41.0 Å². The highest BCUT2D eigenvalue weighted by molar-refractivity contribution is 5.97. The molecule has 3 atom stereocenters. The van der Waals surface area contributed by atoms with Crippen molar-refractivity contribution in [2.45, 2.75) is 44.8 Å². The van der Waals surface area contributed by atoms with E-state index in [1.807, 2.05) is 63.5 Å². The van der Waals surface area contributed by atoms with Gasteiger partial charge in [0.05, 0.1) is 13.2 Å². The van der Waals surface area contributed by atoms with Gasteiger partial charge in [0.2, 0.25) is 0 Å². The molecule has 200 valence electrons. The molecule has 0 saturated carbocycles. The average molecular weight is 516 g/mol. The van der Waals surface area contributed by atoms with E-state index in [0.29, 0.717) is 29.1 Å². The van der Waals surface area contributed by atoms with Crippen molar-refractivity contribution in [3.05, 3.63) is 71.0 Å². The number of aromatic nitrogens is 1. The van der Waals surface area contributed by atoms with Gasteiger partial charge in [-0.2, -0.15) is 0 Å². The number of ether oxygens (including phenoxy) is 1. The van der Waals surface area contributed by atoms with Crippen LogP contribution in [0.1, 0.15) is 57.8 Å². The topological polar surface area (TPSA) is 87.6 Å². The van der Waals surface area contributed by atoms with Crippen LogP contribution in [-0.2, 0) is 7.05 Å². The maximum absolute atomic E-state index is 13.5. The number of methoxy groups -OCH3 is 1. The zero-order chi connectivity index (χ0) is 27.0. The molecule has 2 aliphatic heterocycles. The standard InChI is InChI=1S/C30H37N5O3/c1-18-6-9-25(35-16-23-7-8-24(17-35)33-23)14-27(18)29(36)32-19(2)20-10-21(12-26(11-20)38-5)22-13-28(30(37)31-3)34(4)15-22/h6,9-15,19,23-24,33H,7-8,16-17H2,1-5H3,(H,31,37)(H,32,36)/t19-,23-,24+/m1/s1. The molecule has 8 nitrogen and oxygen atoms in total. The number of hydrogen-bond donors (Lipinski definition) is 3. The van der Waals surface area contributed by atoms with Gasteiger partial charge in [0.25, 0.3) is 11.8 Å². The first-order chi connectivity index (χ1) is 18.2. The molecular weight excluding hydrogens is 478 g/mol. The number of benzene rings is 2. The van der Waals surface area contributed by atoms with Gasteiger partial charge >= 0.3 is 0 Å². The van der Waals surface area contributed by atoms with Crippen molar-refractivity contribution in [3.63, 3.8) is 0 Å². The fraction of sp³-hybridized carbons (Fsp3) is 0.400. The maximum Gasteiger partial charge on any atom is 0.267 e. The van der Waals surface area contributed by atoms with Crippen LogP contribution in [0.25, 0.3) is 11.1 Å². The Morgan fingerprint density at radius 3 is 2.45 bits per heavy atom. The summed E-state index contributed by atoms with van der Waals surface area (Å²) >= 11 is 0. The van der Waals surface area contributed by atoms with Gasteiger partial charge in [0, 0.05) is 62.3 Å². The summed E-state index contributed by atoms with van der Waals surface area (Å²) in [7, 11) is 5.10. The summed E-state index contributed by atoms with van der Waals surface area (Å²) in [6.45, 7) is 5.91. The van der Waals surface area contributed by atoms with Crippen LogP contribution in [0, 0.1) is 6.92 Å². The second-order valence-electron chi connectivity index (χ2n) is 10.5. The van der Waals surface area contributed by atoms with Crippen molar-refractivity contribution in [1.29, 1.82) is 0 Å². The van der Waals surface area contributed by atoms with Gasteiger partial charge < -0.3 is 30.2 Å². The molecule has 3 heterocycles. The van der Waals surface area contributed by atoms with Crippen molar-refractivity contribution in [3.8, 4) is 16.9 Å². The lowest BCUT2D eigenvalue weighted by Crippen LogP contribution is -2.51. The van der Waals surface area contributed by atoms with Crippen molar-refractivity contribution in [2.24, 2.45) is 7.05 Å². The molecule has 0 aliphatic carbocycles. The van der Waals surface area contributed by atoms with Gasteiger partial charge in [-0.1, -0.05) is 6.07 Å². The third-order valence-electron chi connectivity index (χ3n) is 7.86. The lowest BCUT2D eigenvalue weighted by atomic mass is 10.00. The molecule has 2 aliphatic rings. The lowest BCUT2D eigenvalue weighted by molar-refractivity contribution is 0.0935. The van der Waals surface area contributed by atoms with E-state index < -0.39 is 0 Å². The van der Waals surface area contributed by atoms with Crippen LogP contribution in [-0.4, -0.2) is 55.7 Å². The summed E-state index contributed by atoms with van der Waals surface area (Å²) in [5.74, 6) is 0.449. The number of nitrogens with one attached hydrogen (secondary N) is 3. The van der Waals surface area contributed by atoms with E-state index in [1.165, 1.54) is 12.8 Å². The Kier molecular flexibility index (Phi) is 7.17. The molecule has 3 N–H and O–H groups in total. The van der Waals surface area contributed by atoms with Crippen molar-refractivity contribution in [2.75, 3.05) is 32.1 Å². The molecule has 2 amide bonds. The molecule has 1 aromatic heterocycles. The summed E-state index contributed by atoms with van der Waals surface area (Å²) in [6.07, 6.45) is 4.36. The monoisotopic (exact) mass is 515 g/mol. The first-order valence-electron chi connectivity index (χ1n) is 13.3. The van der Waals surface area contributed by atoms with Crippen molar-refractivity contribution in [1.82, 2.24) is 20.5 Å². The highest BCUT2D eigenvalue weighted by atomic mass is 16.5. The van der Waals surface area contributed by atoms with E-state index in [-0.39, 0.29) is 17.9 Å². The second kappa shape index (κ2) is 10.5. The van der Waals surface area contributed by atoms with E-state index in [1.54, 1.807) is 18.7 Å². The molecule has 2 saturated heterocycles. The molecule has 3 aromatic rings. The first kappa shape index (κ1) is 25.9. The predicted molar refractivity (Wildman–Crippen MR) is 150 cm³/mol. The van der Waals surface area contributed by atoms with Crippen LogP contribution >= 0.6 is 0 Å². The summed E-state index contributed by atoms with van der Waals surface area (Å²) in [5, 5.41) is 9.54. The minimum Gasteiger partial charge on any atom is -0.497 e. The van der Waals surface area contributed by atoms with E-state index >= 15 is 0 Å². The molecule has 5 rings (SSSR count). The predicted octanol–water partition coefficient (Wildman–Crippen LogP) is 3.80. The SMILES string of the molecule is CNC(=O)c1cc(-c2cc(OC)cc([C@@H](C)NC(=O)c3cc(N4C[C@H]5CC[C@@H](C4)N5)ccc3C)c2)cn1C. The number of piperazine rings is 1. The zero-order valence-electron chi connectivity index (χ0n) is 22.8. The largest absolute Gasteiger partial charge is 0.497 e. The summed E-state index contributed by atoms with van der Waals surface area (Å²) in [6, 6.07) is 14.8. The molecule has 2 fully saturated rings. The molecule has 38 heavy (non-hydrogen) atoms. The van der Waals surface area contributed by atoms with Crippen LogP contribution < -0.4 is 25.6 Å². The molecule has 8 heteroatoms. The van der Waals surface area contributed by atoms with E-state index in [9.17, 15) is 9.59 Å². The van der Waals surface area contributed by atoms with Crippen LogP contribution in [0.15, 0.2) is 48.7 Å². The minimum atomic E-state index is -0.253. The first-order valence-corrected chi connectivity index (χ1v) is 13.3. The maximum atomic E-state index is 13.5. The molecule has 0 spiro atoms. The van der Waals surface area contributed by atoms with Crippen LogP contribution in [0.5, 0.6) is 5.75 Å². The van der Waals surface area contributed by atoms with E-state index in [2.05, 4.69) is 26.9 Å². The van der Waals surface area contributed by atoms with E-state index in [4.69, 9.17) is 4.74 Å². The fourth-order valence-electron chi connectivity index (χ4n) is 5.65. The number of hydrogen-bond acceptors (Lipinski definition) is 5. The highest BCUT2D eigenvalue weighted by Gasteiger charge is 2.32. The number of carbonyl (C=O) groups excluding carboxylic acids is 2. The molecule has 2 bridgehead atoms. The number of rotatable bonds is 7. The summed E-state index contributed by atoms with van der Waals surface area (Å²) in [4.78, 5) is 28.1. The third-order valence-corrected chi connectivity index (χ3v) is 7.86. The quantitative estimate of drug-likeness (QED) is 0.446. The highest BCUT2D eigenvalue weighted by Crippen LogP contribution is 2.31. The Bertz CT molecular complexity index is 1350. The Hall–Kier alpha value is -3.78. The van der Waals surface area contributed by atoms with Gasteiger partial charge in [0.1, 0.15) is 11.4 Å². The molecule has 0 radical (unpaired) electrons. The number of nitrogens with zero attached hydrogens (tertiary/aromatic N) is 2. The number of anilines is 1. The number of fused-ring (bicyclic) bond motifs is 2. The minimum absolute atomic E-state index is 0.0964. The Balaban J connectivity index is 1.37. The van der Waals surface area contributed by atoms with Gasteiger partial charge in [0.15, 0.2) is 0 Å². The fourth-order valence-corrected chi connectivity index (χ4v) is 5.65. The Morgan fingerprint density at radius 2 is 1.76 bits per heavy atom. The van der Waals surface area contributed by atoms with Crippen LogP contribution in [0.3, 0.4) is 0 Å². The Morgan fingerprint density at radius 1 is 1.03 bits per heavy atom. The molecular formula is C30H37N5O3. The lowest BCUT2D eigenvalue weighted by Gasteiger charge is -2.35. The van der Waals surface area contributed by atoms with Crippen molar-refractivity contribution >= 4 is 17.5 Å². The van der Waals surface area contributed by atoms with Crippen LogP contribution in [0.2, 0.25) is 0 Å². The van der Waals surface area contributed by atoms with Gasteiger partial charge in [-0.05, 0) is 79.8 Å². The number of amides is 2. The van der Waals surface area contributed by atoms with Gasteiger partial charge in [-0.15, -0.1) is 0 Å². The normalized spacial score (nSPS) is 19.2. The third kappa shape index (κ3) is 5.13. The smallest absolute Gasteiger partial charge is 0.267 e.